The van der Waals surface area contributed by atoms with Crippen LogP contribution < -0.4 is 5.32 Å². The minimum Gasteiger partial charge on any atom is -0.317 e. The van der Waals surface area contributed by atoms with Crippen LogP contribution in [0.5, 0.6) is 0 Å². The van der Waals surface area contributed by atoms with Gasteiger partial charge in [0.05, 0.1) is 0 Å². The van der Waals surface area contributed by atoms with Crippen LogP contribution in [0.2, 0.25) is 0 Å². The molecule has 1 aliphatic rings. The average Bonchev–Trinajstić information content (AvgIpc) is 2.23. The maximum atomic E-state index is 3.44. The third-order valence-corrected chi connectivity index (χ3v) is 4.22. The number of rotatable bonds is 3. The fraction of sp³-hybridized carbons (Fsp3) is 0.600. The van der Waals surface area contributed by atoms with Crippen molar-refractivity contribution in [3.63, 3.8) is 0 Å². The van der Waals surface area contributed by atoms with E-state index in [4.69, 9.17) is 0 Å². The molecule has 0 bridgehead atoms. The molecule has 0 saturated heterocycles. The molecule has 1 heteroatoms. The molecule has 1 N–H and O–H groups in total. The van der Waals surface area contributed by atoms with E-state index in [1.807, 2.05) is 0 Å². The summed E-state index contributed by atoms with van der Waals surface area (Å²) in [6, 6.07) is 7.60. The van der Waals surface area contributed by atoms with Gasteiger partial charge in [0.1, 0.15) is 0 Å². The first-order valence-electron chi connectivity index (χ1n) is 6.41. The summed E-state index contributed by atoms with van der Waals surface area (Å²) in [4.78, 5) is 0. The molecule has 3 unspecified atom stereocenters. The van der Waals surface area contributed by atoms with Crippen molar-refractivity contribution < 1.29 is 0 Å². The molecule has 0 aromatic heterocycles. The van der Waals surface area contributed by atoms with Crippen molar-refractivity contribution in [1.29, 1.82) is 0 Å². The minimum atomic E-state index is 0.731. The average molecular weight is 217 g/mol. The summed E-state index contributed by atoms with van der Waals surface area (Å²) in [5.74, 6) is 1.60. The van der Waals surface area contributed by atoms with Gasteiger partial charge in [-0.2, -0.15) is 0 Å². The predicted molar refractivity (Wildman–Crippen MR) is 69.9 cm³/mol. The van der Waals surface area contributed by atoms with Gasteiger partial charge in [0.2, 0.25) is 0 Å². The van der Waals surface area contributed by atoms with Gasteiger partial charge in [-0.3, -0.25) is 0 Å². The van der Waals surface area contributed by atoms with Crippen molar-refractivity contribution in [2.75, 3.05) is 7.05 Å². The zero-order valence-electron chi connectivity index (χ0n) is 10.9. The van der Waals surface area contributed by atoms with Crippen molar-refractivity contribution in [2.45, 2.75) is 45.6 Å². The summed E-state index contributed by atoms with van der Waals surface area (Å²) in [6.45, 7) is 6.75. The Kier molecular flexibility index (Phi) is 3.34. The molecule has 88 valence electrons. The van der Waals surface area contributed by atoms with Gasteiger partial charge in [-0.1, -0.05) is 37.1 Å². The maximum Gasteiger partial charge on any atom is 0.0104 e. The van der Waals surface area contributed by atoms with Crippen molar-refractivity contribution >= 4 is 0 Å². The molecule has 0 heterocycles. The van der Waals surface area contributed by atoms with Crippen molar-refractivity contribution in [2.24, 2.45) is 5.92 Å². The van der Waals surface area contributed by atoms with E-state index < -0.39 is 0 Å². The molecular formula is C15H23N. The van der Waals surface area contributed by atoms with Gasteiger partial charge >= 0.3 is 0 Å². The normalized spacial score (nSPS) is 28.9. The van der Waals surface area contributed by atoms with Crippen molar-refractivity contribution in [3.8, 4) is 0 Å². The topological polar surface area (TPSA) is 12.0 Å². The van der Waals surface area contributed by atoms with Crippen LogP contribution in [-0.4, -0.2) is 13.1 Å². The molecule has 1 nitrogen and oxygen atoms in total. The number of aryl methyl sites for hydroxylation is 2. The molecule has 1 saturated carbocycles. The molecule has 2 rings (SSSR count). The SMILES string of the molecule is CCC1C(NC)CC1c1cc(C)ccc1C. The monoisotopic (exact) mass is 217 g/mol. The van der Waals surface area contributed by atoms with Crippen LogP contribution >= 0.6 is 0 Å². The third kappa shape index (κ3) is 1.89. The number of hydrogen-bond acceptors (Lipinski definition) is 1. The van der Waals surface area contributed by atoms with Gasteiger partial charge in [-0.25, -0.2) is 0 Å². The standard InChI is InChI=1S/C15H23N/c1-5-12-14(9-15(12)16-4)13-8-10(2)6-7-11(13)3/h6-8,12,14-16H,5,9H2,1-4H3. The van der Waals surface area contributed by atoms with Gasteiger partial charge in [-0.15, -0.1) is 0 Å². The number of nitrogens with one attached hydrogen (secondary N) is 1. The third-order valence-electron chi connectivity index (χ3n) is 4.22. The highest BCUT2D eigenvalue weighted by molar-refractivity contribution is 5.35. The molecule has 0 amide bonds. The molecule has 16 heavy (non-hydrogen) atoms. The predicted octanol–water partition coefficient (Wildman–Crippen LogP) is 3.40. The summed E-state index contributed by atoms with van der Waals surface area (Å²) in [5.41, 5.74) is 4.44. The Labute approximate surface area is 99.3 Å². The van der Waals surface area contributed by atoms with E-state index >= 15 is 0 Å². The molecule has 3 atom stereocenters. The minimum absolute atomic E-state index is 0.731. The molecule has 0 aliphatic heterocycles. The van der Waals surface area contributed by atoms with Gasteiger partial charge in [0, 0.05) is 6.04 Å². The second-order valence-corrected chi connectivity index (χ2v) is 5.17. The van der Waals surface area contributed by atoms with E-state index in [1.165, 1.54) is 24.0 Å². The van der Waals surface area contributed by atoms with Gasteiger partial charge < -0.3 is 5.32 Å². The second kappa shape index (κ2) is 4.58. The number of benzene rings is 1. The van der Waals surface area contributed by atoms with Crippen molar-refractivity contribution in [3.05, 3.63) is 34.9 Å². The largest absolute Gasteiger partial charge is 0.317 e. The van der Waals surface area contributed by atoms with Crippen LogP contribution in [0.3, 0.4) is 0 Å². The van der Waals surface area contributed by atoms with E-state index in [2.05, 4.69) is 51.3 Å². The molecule has 0 spiro atoms. The Balaban J connectivity index is 2.22. The summed E-state index contributed by atoms with van der Waals surface area (Å²) < 4.78 is 0. The fourth-order valence-electron chi connectivity index (χ4n) is 3.13. The van der Waals surface area contributed by atoms with E-state index in [-0.39, 0.29) is 0 Å². The van der Waals surface area contributed by atoms with E-state index in [0.717, 1.165) is 17.9 Å². The zero-order valence-corrected chi connectivity index (χ0v) is 10.9. The van der Waals surface area contributed by atoms with Gasteiger partial charge in [0.15, 0.2) is 0 Å². The highest BCUT2D eigenvalue weighted by Gasteiger charge is 2.39. The van der Waals surface area contributed by atoms with Crippen LogP contribution in [0.15, 0.2) is 18.2 Å². The zero-order chi connectivity index (χ0) is 11.7. The molecule has 1 fully saturated rings. The fourth-order valence-corrected chi connectivity index (χ4v) is 3.13. The Hall–Kier alpha value is -0.820. The van der Waals surface area contributed by atoms with Crippen LogP contribution in [0, 0.1) is 19.8 Å². The Morgan fingerprint density at radius 1 is 1.31 bits per heavy atom. The molecule has 1 aromatic carbocycles. The van der Waals surface area contributed by atoms with Crippen LogP contribution in [0.4, 0.5) is 0 Å². The maximum absolute atomic E-state index is 3.44. The first-order valence-corrected chi connectivity index (χ1v) is 6.41. The van der Waals surface area contributed by atoms with E-state index in [9.17, 15) is 0 Å². The molecule has 1 aromatic rings. The van der Waals surface area contributed by atoms with Gasteiger partial charge in [0.25, 0.3) is 0 Å². The lowest BCUT2D eigenvalue weighted by Crippen LogP contribution is -2.47. The first kappa shape index (κ1) is 11.7. The first-order chi connectivity index (χ1) is 7.67. The highest BCUT2D eigenvalue weighted by Crippen LogP contribution is 2.45. The smallest absolute Gasteiger partial charge is 0.0104 e. The lowest BCUT2D eigenvalue weighted by Gasteiger charge is -2.45. The van der Waals surface area contributed by atoms with Crippen molar-refractivity contribution in [1.82, 2.24) is 5.32 Å². The molecule has 1 aliphatic carbocycles. The van der Waals surface area contributed by atoms with Crippen LogP contribution in [0.25, 0.3) is 0 Å². The second-order valence-electron chi connectivity index (χ2n) is 5.17. The van der Waals surface area contributed by atoms with E-state index in [1.54, 1.807) is 5.56 Å². The molecular weight excluding hydrogens is 194 g/mol. The van der Waals surface area contributed by atoms with Crippen LogP contribution in [-0.2, 0) is 0 Å². The number of hydrogen-bond donors (Lipinski definition) is 1. The summed E-state index contributed by atoms with van der Waals surface area (Å²) in [7, 11) is 2.09. The Bertz CT molecular complexity index is 370. The lowest BCUT2D eigenvalue weighted by molar-refractivity contribution is 0.168. The van der Waals surface area contributed by atoms with E-state index in [0.29, 0.717) is 0 Å². The van der Waals surface area contributed by atoms with Gasteiger partial charge in [-0.05, 0) is 50.3 Å². The summed E-state index contributed by atoms with van der Waals surface area (Å²) >= 11 is 0. The Morgan fingerprint density at radius 3 is 2.69 bits per heavy atom. The van der Waals surface area contributed by atoms with Crippen LogP contribution in [0.1, 0.15) is 42.4 Å². The summed E-state index contributed by atoms with van der Waals surface area (Å²) in [6.07, 6.45) is 2.59. The summed E-state index contributed by atoms with van der Waals surface area (Å²) in [5, 5.41) is 3.44. The highest BCUT2D eigenvalue weighted by atomic mass is 14.9. The molecule has 0 radical (unpaired) electrons. The quantitative estimate of drug-likeness (QED) is 0.818. The Morgan fingerprint density at radius 2 is 2.06 bits per heavy atom. The lowest BCUT2D eigenvalue weighted by atomic mass is 9.64.